The number of benzene rings is 2. The van der Waals surface area contributed by atoms with Crippen molar-refractivity contribution in [3.05, 3.63) is 53.6 Å². The van der Waals surface area contributed by atoms with Crippen molar-refractivity contribution in [1.29, 1.82) is 0 Å². The topological polar surface area (TPSA) is 55.1 Å². The number of oxazole rings is 1. The minimum atomic E-state index is -0.253. The van der Waals surface area contributed by atoms with Crippen molar-refractivity contribution < 1.29 is 9.21 Å². The lowest BCUT2D eigenvalue weighted by molar-refractivity contribution is -0.115. The molecule has 1 atom stereocenters. The molecule has 1 heterocycles. The molecule has 24 heavy (non-hydrogen) atoms. The molecule has 0 bridgehead atoms. The summed E-state index contributed by atoms with van der Waals surface area (Å²) < 4.78 is 5.72. The Bertz CT molecular complexity index is 819. The molecule has 0 spiro atoms. The number of para-hydroxylation sites is 3. The van der Waals surface area contributed by atoms with Crippen LogP contribution in [0.4, 0.5) is 5.69 Å². The number of anilines is 1. The predicted octanol–water partition coefficient (Wildman–Crippen LogP) is 4.95. The maximum Gasteiger partial charge on any atom is 0.257 e. The van der Waals surface area contributed by atoms with E-state index in [1.807, 2.05) is 63.2 Å². The molecular weight excluding hydrogens is 320 g/mol. The summed E-state index contributed by atoms with van der Waals surface area (Å²) in [6.07, 6.45) is 0.695. The second-order valence-corrected chi connectivity index (χ2v) is 6.87. The van der Waals surface area contributed by atoms with Crippen LogP contribution in [0.15, 0.2) is 52.1 Å². The van der Waals surface area contributed by atoms with Crippen LogP contribution >= 0.6 is 11.8 Å². The minimum Gasteiger partial charge on any atom is -0.431 e. The zero-order chi connectivity index (χ0) is 17.1. The molecule has 4 nitrogen and oxygen atoms in total. The van der Waals surface area contributed by atoms with E-state index in [2.05, 4.69) is 10.3 Å². The van der Waals surface area contributed by atoms with Crippen LogP contribution in [0, 0.1) is 13.8 Å². The van der Waals surface area contributed by atoms with Crippen molar-refractivity contribution >= 4 is 34.5 Å². The summed E-state index contributed by atoms with van der Waals surface area (Å²) in [7, 11) is 0. The van der Waals surface area contributed by atoms with Crippen molar-refractivity contribution in [3.8, 4) is 0 Å². The van der Waals surface area contributed by atoms with E-state index in [9.17, 15) is 4.79 Å². The number of aryl methyl sites for hydroxylation is 2. The number of carbonyl (C=O) groups is 1. The van der Waals surface area contributed by atoms with Crippen LogP contribution in [0.25, 0.3) is 11.1 Å². The summed E-state index contributed by atoms with van der Waals surface area (Å²) in [5.74, 6) is -0.0258. The van der Waals surface area contributed by atoms with Gasteiger partial charge < -0.3 is 9.73 Å². The van der Waals surface area contributed by atoms with Crippen LogP contribution in [0.2, 0.25) is 0 Å². The first-order chi connectivity index (χ1) is 11.6. The Morgan fingerprint density at radius 1 is 1.17 bits per heavy atom. The summed E-state index contributed by atoms with van der Waals surface area (Å²) in [6, 6.07) is 13.6. The lowest BCUT2D eigenvalue weighted by Gasteiger charge is -2.16. The van der Waals surface area contributed by atoms with Gasteiger partial charge in [-0.2, -0.15) is 0 Å². The lowest BCUT2D eigenvalue weighted by Crippen LogP contribution is -2.25. The summed E-state index contributed by atoms with van der Waals surface area (Å²) in [5, 5.41) is 3.33. The van der Waals surface area contributed by atoms with Gasteiger partial charge in [-0.3, -0.25) is 4.79 Å². The number of nitrogens with one attached hydrogen (secondary N) is 1. The number of aromatic nitrogens is 1. The van der Waals surface area contributed by atoms with E-state index < -0.39 is 0 Å². The van der Waals surface area contributed by atoms with Crippen LogP contribution in [0.3, 0.4) is 0 Å². The third-order valence-corrected chi connectivity index (χ3v) is 5.12. The molecule has 2 aromatic carbocycles. The Balaban J connectivity index is 1.77. The van der Waals surface area contributed by atoms with Gasteiger partial charge in [0.25, 0.3) is 5.22 Å². The molecule has 3 rings (SSSR count). The second kappa shape index (κ2) is 7.09. The molecule has 0 aliphatic rings. The third kappa shape index (κ3) is 3.46. The van der Waals surface area contributed by atoms with Gasteiger partial charge in [-0.15, -0.1) is 0 Å². The van der Waals surface area contributed by atoms with Gasteiger partial charge in [0.05, 0.1) is 5.25 Å². The number of amides is 1. The number of hydrogen-bond acceptors (Lipinski definition) is 4. The van der Waals surface area contributed by atoms with E-state index in [4.69, 9.17) is 4.42 Å². The Kier molecular flexibility index (Phi) is 4.90. The van der Waals surface area contributed by atoms with E-state index in [0.717, 1.165) is 27.9 Å². The van der Waals surface area contributed by atoms with Gasteiger partial charge >= 0.3 is 0 Å². The largest absolute Gasteiger partial charge is 0.431 e. The molecule has 0 fully saturated rings. The molecule has 1 N–H and O–H groups in total. The van der Waals surface area contributed by atoms with Crippen molar-refractivity contribution in [2.45, 2.75) is 37.7 Å². The number of thioether (sulfide) groups is 1. The van der Waals surface area contributed by atoms with Gasteiger partial charge in [0, 0.05) is 5.69 Å². The molecule has 124 valence electrons. The normalized spacial score (nSPS) is 12.3. The predicted molar refractivity (Wildman–Crippen MR) is 98.5 cm³/mol. The van der Waals surface area contributed by atoms with Gasteiger partial charge in [0.15, 0.2) is 5.58 Å². The van der Waals surface area contributed by atoms with Crippen LogP contribution in [0.5, 0.6) is 0 Å². The molecule has 1 aromatic heterocycles. The molecule has 1 unspecified atom stereocenters. The Morgan fingerprint density at radius 2 is 1.88 bits per heavy atom. The quantitative estimate of drug-likeness (QED) is 0.667. The highest BCUT2D eigenvalue weighted by Gasteiger charge is 2.22. The first-order valence-corrected chi connectivity index (χ1v) is 8.85. The maximum atomic E-state index is 12.7. The highest BCUT2D eigenvalue weighted by Crippen LogP contribution is 2.29. The lowest BCUT2D eigenvalue weighted by atomic mass is 10.1. The average molecular weight is 340 g/mol. The van der Waals surface area contributed by atoms with Crippen LogP contribution in [-0.4, -0.2) is 16.1 Å². The molecule has 1 amide bonds. The number of carbonyl (C=O) groups excluding carboxylic acids is 1. The summed E-state index contributed by atoms with van der Waals surface area (Å²) in [4.78, 5) is 17.1. The van der Waals surface area contributed by atoms with Crippen molar-refractivity contribution in [3.63, 3.8) is 0 Å². The van der Waals surface area contributed by atoms with E-state index in [0.29, 0.717) is 11.6 Å². The third-order valence-electron chi connectivity index (χ3n) is 3.91. The average Bonchev–Trinajstić information content (AvgIpc) is 2.98. The fourth-order valence-corrected chi connectivity index (χ4v) is 3.43. The smallest absolute Gasteiger partial charge is 0.257 e. The van der Waals surface area contributed by atoms with Gasteiger partial charge in [-0.1, -0.05) is 49.0 Å². The fraction of sp³-hybridized carbons (Fsp3) is 0.263. The summed E-state index contributed by atoms with van der Waals surface area (Å²) in [6.45, 7) is 5.99. The van der Waals surface area contributed by atoms with Gasteiger partial charge in [-0.25, -0.2) is 4.98 Å². The molecule has 0 saturated carbocycles. The van der Waals surface area contributed by atoms with Crippen molar-refractivity contribution in [2.24, 2.45) is 0 Å². The first kappa shape index (κ1) is 16.6. The van der Waals surface area contributed by atoms with E-state index in [-0.39, 0.29) is 11.2 Å². The standard InChI is InChI=1S/C19H20N2O2S/c1-4-16(18(22)21-17-12(2)8-7-9-13(17)3)24-19-20-14-10-5-6-11-15(14)23-19/h5-11,16H,4H2,1-3H3,(H,21,22). The zero-order valence-electron chi connectivity index (χ0n) is 14.0. The number of fused-ring (bicyclic) bond motifs is 1. The highest BCUT2D eigenvalue weighted by molar-refractivity contribution is 8.00. The van der Waals surface area contributed by atoms with E-state index in [1.54, 1.807) is 0 Å². The van der Waals surface area contributed by atoms with E-state index in [1.165, 1.54) is 11.8 Å². The summed E-state index contributed by atoms with van der Waals surface area (Å²) in [5.41, 5.74) is 4.56. The molecule has 0 aliphatic carbocycles. The Morgan fingerprint density at radius 3 is 2.54 bits per heavy atom. The van der Waals surface area contributed by atoms with Crippen molar-refractivity contribution in [1.82, 2.24) is 4.98 Å². The summed E-state index contributed by atoms with van der Waals surface area (Å²) >= 11 is 1.36. The Labute approximate surface area is 145 Å². The van der Waals surface area contributed by atoms with Gasteiger partial charge in [0.2, 0.25) is 5.91 Å². The van der Waals surface area contributed by atoms with Crippen LogP contribution in [0.1, 0.15) is 24.5 Å². The maximum absolute atomic E-state index is 12.7. The number of nitrogens with zero attached hydrogens (tertiary/aromatic N) is 1. The van der Waals surface area contributed by atoms with Crippen LogP contribution in [-0.2, 0) is 4.79 Å². The number of rotatable bonds is 5. The van der Waals surface area contributed by atoms with Crippen molar-refractivity contribution in [2.75, 3.05) is 5.32 Å². The Hall–Kier alpha value is -2.27. The van der Waals surface area contributed by atoms with Crippen LogP contribution < -0.4 is 5.32 Å². The highest BCUT2D eigenvalue weighted by atomic mass is 32.2. The van der Waals surface area contributed by atoms with Gasteiger partial charge in [-0.05, 0) is 43.5 Å². The molecule has 3 aromatic rings. The first-order valence-electron chi connectivity index (χ1n) is 7.97. The zero-order valence-corrected chi connectivity index (χ0v) is 14.8. The van der Waals surface area contributed by atoms with Gasteiger partial charge in [0.1, 0.15) is 5.52 Å². The second-order valence-electron chi connectivity index (χ2n) is 5.72. The molecular formula is C19H20N2O2S. The molecule has 0 aliphatic heterocycles. The molecule has 0 radical (unpaired) electrons. The van der Waals surface area contributed by atoms with E-state index >= 15 is 0 Å². The monoisotopic (exact) mass is 340 g/mol. The number of hydrogen-bond donors (Lipinski definition) is 1. The minimum absolute atomic E-state index is 0.0258. The molecule has 0 saturated heterocycles. The SMILES string of the molecule is CCC(Sc1nc2ccccc2o1)C(=O)Nc1c(C)cccc1C. The molecule has 5 heteroatoms. The fourth-order valence-electron chi connectivity index (χ4n) is 2.56.